The first-order valence-electron chi connectivity index (χ1n) is 6.54. The molecule has 1 aromatic rings. The zero-order valence-corrected chi connectivity index (χ0v) is 11.4. The van der Waals surface area contributed by atoms with Gasteiger partial charge in [0, 0.05) is 13.1 Å². The zero-order chi connectivity index (χ0) is 16.3. The number of aliphatic carboxylic acids is 1. The zero-order valence-electron chi connectivity index (χ0n) is 11.4. The van der Waals surface area contributed by atoms with E-state index in [0.717, 1.165) is 4.90 Å². The Morgan fingerprint density at radius 1 is 1.23 bits per heavy atom. The van der Waals surface area contributed by atoms with Gasteiger partial charge < -0.3 is 14.7 Å². The molecule has 1 amide bonds. The summed E-state index contributed by atoms with van der Waals surface area (Å²) in [5, 5.41) is 8.88. The van der Waals surface area contributed by atoms with Crippen LogP contribution in [0.25, 0.3) is 0 Å². The van der Waals surface area contributed by atoms with E-state index in [-0.39, 0.29) is 6.61 Å². The van der Waals surface area contributed by atoms with Gasteiger partial charge in [-0.1, -0.05) is 30.3 Å². The third-order valence-corrected chi connectivity index (χ3v) is 3.52. The minimum atomic E-state index is -4.67. The van der Waals surface area contributed by atoms with Gasteiger partial charge in [0.1, 0.15) is 6.61 Å². The fourth-order valence-electron chi connectivity index (χ4n) is 2.35. The van der Waals surface area contributed by atoms with Crippen molar-refractivity contribution < 1.29 is 32.6 Å². The van der Waals surface area contributed by atoms with Crippen molar-refractivity contribution in [1.29, 1.82) is 0 Å². The normalized spacial score (nSPS) is 21.7. The van der Waals surface area contributed by atoms with Gasteiger partial charge in [0.2, 0.25) is 0 Å². The Balaban J connectivity index is 1.98. The summed E-state index contributed by atoms with van der Waals surface area (Å²) < 4.78 is 43.4. The Kier molecular flexibility index (Phi) is 4.58. The largest absolute Gasteiger partial charge is 0.481 e. The summed E-state index contributed by atoms with van der Waals surface area (Å²) in [6.07, 6.45) is -5.61. The quantitative estimate of drug-likeness (QED) is 0.930. The van der Waals surface area contributed by atoms with Crippen molar-refractivity contribution in [3.05, 3.63) is 35.9 Å². The Morgan fingerprint density at radius 2 is 1.86 bits per heavy atom. The van der Waals surface area contributed by atoms with E-state index in [1.54, 1.807) is 30.3 Å². The third kappa shape index (κ3) is 3.69. The van der Waals surface area contributed by atoms with Crippen molar-refractivity contribution in [3.63, 3.8) is 0 Å². The van der Waals surface area contributed by atoms with Gasteiger partial charge in [-0.2, -0.15) is 13.2 Å². The summed E-state index contributed by atoms with van der Waals surface area (Å²) in [5.74, 6) is -5.31. The van der Waals surface area contributed by atoms with Gasteiger partial charge in [0.05, 0.1) is 11.8 Å². The predicted octanol–water partition coefficient (Wildman–Crippen LogP) is 2.52. The van der Waals surface area contributed by atoms with Gasteiger partial charge >= 0.3 is 18.2 Å². The molecular formula is C14H14F3NO4. The summed E-state index contributed by atoms with van der Waals surface area (Å²) in [6, 6.07) is 8.65. The molecule has 1 aromatic carbocycles. The fraction of sp³-hybridized carbons (Fsp3) is 0.429. The summed E-state index contributed by atoms with van der Waals surface area (Å²) in [4.78, 5) is 23.5. The number of hydrogen-bond donors (Lipinski definition) is 1. The molecule has 0 saturated carbocycles. The van der Waals surface area contributed by atoms with Gasteiger partial charge in [0.25, 0.3) is 0 Å². The molecule has 0 bridgehead atoms. The summed E-state index contributed by atoms with van der Waals surface area (Å²) in [7, 11) is 0. The molecule has 22 heavy (non-hydrogen) atoms. The molecule has 1 aliphatic rings. The Labute approximate surface area is 124 Å². The minimum absolute atomic E-state index is 0.0788. The van der Waals surface area contributed by atoms with Gasteiger partial charge in [-0.15, -0.1) is 0 Å². The lowest BCUT2D eigenvalue weighted by molar-refractivity contribution is -0.188. The van der Waals surface area contributed by atoms with Crippen molar-refractivity contribution in [2.24, 2.45) is 11.8 Å². The highest BCUT2D eigenvalue weighted by molar-refractivity contribution is 5.74. The van der Waals surface area contributed by atoms with Crippen LogP contribution >= 0.6 is 0 Å². The van der Waals surface area contributed by atoms with Crippen molar-refractivity contribution >= 4 is 12.1 Å². The number of carboxylic acid groups (broad SMARTS) is 1. The van der Waals surface area contributed by atoms with E-state index >= 15 is 0 Å². The number of ether oxygens (including phenoxy) is 1. The van der Waals surface area contributed by atoms with Gasteiger partial charge in [-0.25, -0.2) is 4.79 Å². The van der Waals surface area contributed by atoms with Crippen LogP contribution in [-0.4, -0.2) is 41.3 Å². The monoisotopic (exact) mass is 317 g/mol. The van der Waals surface area contributed by atoms with E-state index in [1.165, 1.54) is 0 Å². The van der Waals surface area contributed by atoms with Crippen molar-refractivity contribution in [2.75, 3.05) is 13.1 Å². The molecule has 1 N–H and O–H groups in total. The molecule has 2 unspecified atom stereocenters. The summed E-state index contributed by atoms with van der Waals surface area (Å²) >= 11 is 0. The first-order chi connectivity index (χ1) is 10.3. The second-order valence-corrected chi connectivity index (χ2v) is 5.04. The highest BCUT2D eigenvalue weighted by Gasteiger charge is 2.53. The van der Waals surface area contributed by atoms with Crippen molar-refractivity contribution in [1.82, 2.24) is 4.90 Å². The van der Waals surface area contributed by atoms with Crippen LogP contribution in [0, 0.1) is 11.8 Å². The molecule has 1 aliphatic heterocycles. The molecule has 1 heterocycles. The van der Waals surface area contributed by atoms with Gasteiger partial charge in [0.15, 0.2) is 0 Å². The smallest absolute Gasteiger partial charge is 0.410 e. The first kappa shape index (κ1) is 16.1. The van der Waals surface area contributed by atoms with Crippen LogP contribution < -0.4 is 0 Å². The molecule has 0 spiro atoms. The SMILES string of the molecule is O=C(O)C1CN(C(=O)OCc2ccccc2)CC1C(F)(F)F. The molecule has 0 radical (unpaired) electrons. The average Bonchev–Trinajstić information content (AvgIpc) is 2.91. The van der Waals surface area contributed by atoms with Gasteiger partial charge in [-0.05, 0) is 5.56 Å². The number of likely N-dealkylation sites (tertiary alicyclic amines) is 1. The molecule has 5 nitrogen and oxygen atoms in total. The second kappa shape index (κ2) is 6.25. The van der Waals surface area contributed by atoms with E-state index in [9.17, 15) is 22.8 Å². The molecule has 8 heteroatoms. The van der Waals surface area contributed by atoms with E-state index in [2.05, 4.69) is 0 Å². The maximum absolute atomic E-state index is 12.8. The topological polar surface area (TPSA) is 66.8 Å². The number of carboxylic acids is 1. The van der Waals surface area contributed by atoms with Crippen LogP contribution in [0.2, 0.25) is 0 Å². The van der Waals surface area contributed by atoms with Crippen LogP contribution in [0.5, 0.6) is 0 Å². The van der Waals surface area contributed by atoms with E-state index in [1.807, 2.05) is 0 Å². The number of hydrogen-bond acceptors (Lipinski definition) is 3. The summed E-state index contributed by atoms with van der Waals surface area (Å²) in [5.41, 5.74) is 0.692. The van der Waals surface area contributed by atoms with E-state index in [0.29, 0.717) is 5.56 Å². The summed E-state index contributed by atoms with van der Waals surface area (Å²) in [6.45, 7) is -1.29. The number of alkyl halides is 3. The number of halogens is 3. The molecule has 0 aliphatic carbocycles. The highest BCUT2D eigenvalue weighted by atomic mass is 19.4. The maximum Gasteiger partial charge on any atom is 0.410 e. The second-order valence-electron chi connectivity index (χ2n) is 5.04. The molecule has 0 aromatic heterocycles. The minimum Gasteiger partial charge on any atom is -0.481 e. The van der Waals surface area contributed by atoms with E-state index in [4.69, 9.17) is 9.84 Å². The number of carbonyl (C=O) groups is 2. The lowest BCUT2D eigenvalue weighted by Gasteiger charge is -2.18. The average molecular weight is 317 g/mol. The first-order valence-corrected chi connectivity index (χ1v) is 6.54. The lowest BCUT2D eigenvalue weighted by atomic mass is 9.96. The number of benzene rings is 1. The molecular weight excluding hydrogens is 303 g/mol. The van der Waals surface area contributed by atoms with Crippen LogP contribution in [0.3, 0.4) is 0 Å². The molecule has 120 valence electrons. The van der Waals surface area contributed by atoms with Crippen LogP contribution in [0.4, 0.5) is 18.0 Å². The Bertz CT molecular complexity index is 547. The van der Waals surface area contributed by atoms with Crippen LogP contribution in [0.1, 0.15) is 5.56 Å². The number of carbonyl (C=O) groups excluding carboxylic acids is 1. The highest BCUT2D eigenvalue weighted by Crippen LogP contribution is 2.37. The fourth-order valence-corrected chi connectivity index (χ4v) is 2.35. The Morgan fingerprint density at radius 3 is 2.36 bits per heavy atom. The molecule has 1 fully saturated rings. The number of rotatable bonds is 3. The lowest BCUT2D eigenvalue weighted by Crippen LogP contribution is -2.34. The Hall–Kier alpha value is -2.25. The standard InChI is InChI=1S/C14H14F3NO4/c15-14(16,17)11-7-18(6-10(11)12(19)20)13(21)22-8-9-4-2-1-3-5-9/h1-5,10-11H,6-8H2,(H,19,20). The molecule has 2 rings (SSSR count). The molecule has 2 atom stereocenters. The number of amides is 1. The van der Waals surface area contributed by atoms with E-state index < -0.39 is 43.2 Å². The van der Waals surface area contributed by atoms with Crippen molar-refractivity contribution in [3.8, 4) is 0 Å². The maximum atomic E-state index is 12.8. The van der Waals surface area contributed by atoms with Crippen LogP contribution in [0.15, 0.2) is 30.3 Å². The van der Waals surface area contributed by atoms with Crippen molar-refractivity contribution in [2.45, 2.75) is 12.8 Å². The number of nitrogens with zero attached hydrogens (tertiary/aromatic N) is 1. The molecule has 1 saturated heterocycles. The van der Waals surface area contributed by atoms with Crippen LogP contribution in [-0.2, 0) is 16.1 Å². The predicted molar refractivity (Wildman–Crippen MR) is 68.9 cm³/mol. The third-order valence-electron chi connectivity index (χ3n) is 3.52. The van der Waals surface area contributed by atoms with Gasteiger partial charge in [-0.3, -0.25) is 4.79 Å².